The number of aryl methyl sites for hydroxylation is 2. The molecule has 0 atom stereocenters. The molecule has 29 heavy (non-hydrogen) atoms. The minimum Gasteiger partial charge on any atom is -0.324 e. The van der Waals surface area contributed by atoms with Crippen LogP contribution >= 0.6 is 11.6 Å². The zero-order chi connectivity index (χ0) is 20.5. The molecule has 3 aromatic rings. The second kappa shape index (κ2) is 7.87. The summed E-state index contributed by atoms with van der Waals surface area (Å²) in [6.45, 7) is 5.18. The van der Waals surface area contributed by atoms with Crippen molar-refractivity contribution in [2.45, 2.75) is 32.7 Å². The van der Waals surface area contributed by atoms with Crippen LogP contribution in [0.25, 0.3) is 10.9 Å². The van der Waals surface area contributed by atoms with Crippen molar-refractivity contribution in [3.63, 3.8) is 0 Å². The van der Waals surface area contributed by atoms with Crippen LogP contribution in [0, 0.1) is 13.8 Å². The Morgan fingerprint density at radius 2 is 1.93 bits per heavy atom. The zero-order valence-electron chi connectivity index (χ0n) is 16.5. The van der Waals surface area contributed by atoms with Gasteiger partial charge in [0.15, 0.2) is 0 Å². The summed E-state index contributed by atoms with van der Waals surface area (Å²) in [4.78, 5) is 31.7. The van der Waals surface area contributed by atoms with Gasteiger partial charge in [-0.3, -0.25) is 9.36 Å². The number of benzene rings is 2. The largest absolute Gasteiger partial charge is 0.324 e. The number of nitrogens with one attached hydrogen (secondary N) is 1. The lowest BCUT2D eigenvalue weighted by atomic mass is 10.0. The van der Waals surface area contributed by atoms with Gasteiger partial charge in [0.2, 0.25) is 0 Å². The van der Waals surface area contributed by atoms with Gasteiger partial charge in [0.1, 0.15) is 0 Å². The van der Waals surface area contributed by atoms with Crippen LogP contribution < -0.4 is 10.9 Å². The summed E-state index contributed by atoms with van der Waals surface area (Å²) in [6.07, 6.45) is 2.98. The molecule has 2 heterocycles. The van der Waals surface area contributed by atoms with Gasteiger partial charge in [-0.15, -0.1) is 0 Å². The van der Waals surface area contributed by atoms with Gasteiger partial charge in [0, 0.05) is 24.8 Å². The molecule has 0 bridgehead atoms. The van der Waals surface area contributed by atoms with Gasteiger partial charge in [-0.1, -0.05) is 35.4 Å². The van der Waals surface area contributed by atoms with Crippen LogP contribution in [-0.4, -0.2) is 33.6 Å². The lowest BCUT2D eigenvalue weighted by Gasteiger charge is -2.33. The van der Waals surface area contributed by atoms with Gasteiger partial charge in [-0.05, 0) is 50.5 Å². The average Bonchev–Trinajstić information content (AvgIpc) is 2.71. The third-order valence-corrected chi connectivity index (χ3v) is 5.84. The molecular formula is C22H23ClN4O2. The number of aromatic nitrogens is 2. The molecule has 0 aliphatic carbocycles. The Kier molecular flexibility index (Phi) is 5.28. The van der Waals surface area contributed by atoms with E-state index in [-0.39, 0.29) is 17.6 Å². The van der Waals surface area contributed by atoms with Gasteiger partial charge >= 0.3 is 6.03 Å². The molecule has 0 radical (unpaired) electrons. The maximum Gasteiger partial charge on any atom is 0.321 e. The van der Waals surface area contributed by atoms with Gasteiger partial charge in [-0.25, -0.2) is 9.78 Å². The molecule has 2 aromatic carbocycles. The smallest absolute Gasteiger partial charge is 0.321 e. The number of carbonyl (C=O) groups is 1. The number of anilines is 1. The van der Waals surface area contributed by atoms with E-state index in [4.69, 9.17) is 11.6 Å². The van der Waals surface area contributed by atoms with Crippen molar-refractivity contribution < 1.29 is 4.79 Å². The number of fused-ring (bicyclic) bond motifs is 1. The Hall–Kier alpha value is -2.86. The predicted molar refractivity (Wildman–Crippen MR) is 116 cm³/mol. The number of para-hydroxylation sites is 1. The van der Waals surface area contributed by atoms with Crippen LogP contribution in [0.4, 0.5) is 10.5 Å². The van der Waals surface area contributed by atoms with E-state index < -0.39 is 0 Å². The molecule has 1 fully saturated rings. The Morgan fingerprint density at radius 3 is 2.66 bits per heavy atom. The molecular weight excluding hydrogens is 388 g/mol. The molecule has 0 spiro atoms. The monoisotopic (exact) mass is 410 g/mol. The molecule has 1 aromatic heterocycles. The predicted octanol–water partition coefficient (Wildman–Crippen LogP) is 4.54. The van der Waals surface area contributed by atoms with Crippen LogP contribution in [0.2, 0.25) is 5.02 Å². The number of urea groups is 1. The van der Waals surface area contributed by atoms with E-state index in [0.29, 0.717) is 41.9 Å². The van der Waals surface area contributed by atoms with Crippen molar-refractivity contribution in [1.82, 2.24) is 14.5 Å². The number of hydrogen-bond donors (Lipinski definition) is 1. The Bertz CT molecular complexity index is 1130. The van der Waals surface area contributed by atoms with Crippen LogP contribution in [0.1, 0.15) is 30.0 Å². The first-order chi connectivity index (χ1) is 13.9. The zero-order valence-corrected chi connectivity index (χ0v) is 17.2. The normalized spacial score (nSPS) is 14.9. The summed E-state index contributed by atoms with van der Waals surface area (Å²) >= 11 is 6.15. The quantitative estimate of drug-likeness (QED) is 0.674. The topological polar surface area (TPSA) is 67.2 Å². The highest BCUT2D eigenvalue weighted by atomic mass is 35.5. The van der Waals surface area contributed by atoms with Crippen LogP contribution in [-0.2, 0) is 0 Å². The van der Waals surface area contributed by atoms with Crippen molar-refractivity contribution in [3.05, 3.63) is 69.2 Å². The van der Waals surface area contributed by atoms with E-state index in [1.54, 1.807) is 34.0 Å². The number of piperidine rings is 1. The number of likely N-dealkylation sites (tertiary alicyclic amines) is 1. The molecule has 150 valence electrons. The molecule has 4 rings (SSSR count). The fourth-order valence-corrected chi connectivity index (χ4v) is 4.11. The van der Waals surface area contributed by atoms with E-state index in [9.17, 15) is 9.59 Å². The summed E-state index contributed by atoms with van der Waals surface area (Å²) in [6, 6.07) is 11.1. The minimum atomic E-state index is -0.105. The Morgan fingerprint density at radius 1 is 1.17 bits per heavy atom. The van der Waals surface area contributed by atoms with Gasteiger partial charge < -0.3 is 10.2 Å². The van der Waals surface area contributed by atoms with Crippen LogP contribution in [0.5, 0.6) is 0 Å². The summed E-state index contributed by atoms with van der Waals surface area (Å²) in [5.41, 5.74) is 3.48. The minimum absolute atomic E-state index is 0.0172. The van der Waals surface area contributed by atoms with Gasteiger partial charge in [0.25, 0.3) is 5.56 Å². The number of amides is 2. The van der Waals surface area contributed by atoms with Crippen LogP contribution in [0.3, 0.4) is 0 Å². The number of carbonyl (C=O) groups excluding carboxylic acids is 1. The first-order valence-corrected chi connectivity index (χ1v) is 10.1. The second-order valence-electron chi connectivity index (χ2n) is 7.56. The maximum absolute atomic E-state index is 12.9. The first-order valence-electron chi connectivity index (χ1n) is 9.72. The van der Waals surface area contributed by atoms with Crippen molar-refractivity contribution in [2.75, 3.05) is 18.4 Å². The standard InChI is InChI=1S/C22H23ClN4O2/c1-14-6-7-19(15(2)12-14)25-22(29)26-10-8-16(9-11-26)27-13-24-20-17(21(27)28)4-3-5-18(20)23/h3-7,12-13,16H,8-11H2,1-2H3,(H,25,29). The van der Waals surface area contributed by atoms with E-state index >= 15 is 0 Å². The van der Waals surface area contributed by atoms with Gasteiger partial charge in [0.05, 0.1) is 22.3 Å². The Balaban J connectivity index is 1.45. The number of halogens is 1. The Labute approximate surface area is 174 Å². The molecule has 7 heteroatoms. The molecule has 1 aliphatic heterocycles. The summed E-state index contributed by atoms with van der Waals surface area (Å²) in [5, 5.41) is 3.99. The van der Waals surface area contributed by atoms with Crippen molar-refractivity contribution >= 4 is 34.2 Å². The lowest BCUT2D eigenvalue weighted by molar-refractivity contribution is 0.182. The fraction of sp³-hybridized carbons (Fsp3) is 0.318. The van der Waals surface area contributed by atoms with Crippen molar-refractivity contribution in [3.8, 4) is 0 Å². The number of hydrogen-bond acceptors (Lipinski definition) is 3. The van der Waals surface area contributed by atoms with E-state index in [2.05, 4.69) is 10.3 Å². The highest BCUT2D eigenvalue weighted by Gasteiger charge is 2.25. The SMILES string of the molecule is Cc1ccc(NC(=O)N2CCC(n3cnc4c(Cl)cccc4c3=O)CC2)c(C)c1. The second-order valence-corrected chi connectivity index (χ2v) is 7.97. The van der Waals surface area contributed by atoms with Crippen molar-refractivity contribution in [1.29, 1.82) is 0 Å². The van der Waals surface area contributed by atoms with E-state index in [0.717, 1.165) is 16.8 Å². The van der Waals surface area contributed by atoms with Crippen LogP contribution in [0.15, 0.2) is 47.5 Å². The maximum atomic E-state index is 12.9. The third kappa shape index (κ3) is 3.85. The molecule has 1 aliphatic rings. The molecule has 1 N–H and O–H groups in total. The lowest BCUT2D eigenvalue weighted by Crippen LogP contribution is -2.42. The van der Waals surface area contributed by atoms with E-state index in [1.165, 1.54) is 0 Å². The number of nitrogens with zero attached hydrogens (tertiary/aromatic N) is 3. The summed E-state index contributed by atoms with van der Waals surface area (Å²) in [7, 11) is 0. The highest BCUT2D eigenvalue weighted by Crippen LogP contribution is 2.24. The first kappa shape index (κ1) is 19.5. The molecule has 0 unspecified atom stereocenters. The highest BCUT2D eigenvalue weighted by molar-refractivity contribution is 6.34. The van der Waals surface area contributed by atoms with Crippen molar-refractivity contribution in [2.24, 2.45) is 0 Å². The molecule has 1 saturated heterocycles. The molecule has 6 nitrogen and oxygen atoms in total. The average molecular weight is 411 g/mol. The third-order valence-electron chi connectivity index (χ3n) is 5.53. The molecule has 2 amide bonds. The molecule has 0 saturated carbocycles. The fourth-order valence-electron chi connectivity index (χ4n) is 3.89. The number of rotatable bonds is 2. The van der Waals surface area contributed by atoms with E-state index in [1.807, 2.05) is 32.0 Å². The summed E-state index contributed by atoms with van der Waals surface area (Å²) in [5.74, 6) is 0. The summed E-state index contributed by atoms with van der Waals surface area (Å²) < 4.78 is 1.68. The van der Waals surface area contributed by atoms with Gasteiger partial charge in [-0.2, -0.15) is 0 Å².